The number of aryl methyl sites for hydroxylation is 1. The zero-order valence-corrected chi connectivity index (χ0v) is 10.7. The van der Waals surface area contributed by atoms with Gasteiger partial charge in [0.05, 0.1) is 0 Å². The highest BCUT2D eigenvalue weighted by Gasteiger charge is 2.50. The van der Waals surface area contributed by atoms with Gasteiger partial charge in [0, 0.05) is 18.2 Å². The molecule has 1 aromatic carbocycles. The summed E-state index contributed by atoms with van der Waals surface area (Å²) in [4.78, 5) is 12.0. The molecule has 2 rings (SSSR count). The van der Waals surface area contributed by atoms with E-state index in [0.717, 1.165) is 23.2 Å². The number of anilines is 1. The molecule has 0 aromatic heterocycles. The van der Waals surface area contributed by atoms with Crippen molar-refractivity contribution in [3.05, 3.63) is 29.3 Å². The van der Waals surface area contributed by atoms with E-state index in [-0.39, 0.29) is 17.2 Å². The van der Waals surface area contributed by atoms with Crippen LogP contribution in [0.15, 0.2) is 18.2 Å². The van der Waals surface area contributed by atoms with Crippen LogP contribution < -0.4 is 11.1 Å². The molecule has 1 aromatic rings. The molecule has 0 aliphatic heterocycles. The molecule has 1 fully saturated rings. The van der Waals surface area contributed by atoms with Gasteiger partial charge in [-0.05, 0) is 36.0 Å². The van der Waals surface area contributed by atoms with E-state index < -0.39 is 0 Å². The second kappa shape index (κ2) is 4.15. The molecule has 3 N–H and O–H groups in total. The smallest absolute Gasteiger partial charge is 0.228 e. The summed E-state index contributed by atoms with van der Waals surface area (Å²) < 4.78 is 0. The highest BCUT2D eigenvalue weighted by atomic mass is 16.2. The van der Waals surface area contributed by atoms with Crippen LogP contribution in [0.4, 0.5) is 5.69 Å². The molecule has 1 atom stereocenters. The molecule has 3 nitrogen and oxygen atoms in total. The third-order valence-corrected chi connectivity index (χ3v) is 3.63. The zero-order valence-electron chi connectivity index (χ0n) is 10.7. The van der Waals surface area contributed by atoms with E-state index in [1.807, 2.05) is 25.1 Å². The summed E-state index contributed by atoms with van der Waals surface area (Å²) in [6.45, 7) is 6.74. The quantitative estimate of drug-likeness (QED) is 0.841. The molecule has 1 aliphatic rings. The molecule has 0 spiro atoms. The number of hydrogen-bond acceptors (Lipinski definition) is 2. The van der Waals surface area contributed by atoms with Crippen LogP contribution in [-0.2, 0) is 11.3 Å². The molecule has 17 heavy (non-hydrogen) atoms. The number of amides is 1. The molecule has 1 aliphatic carbocycles. The summed E-state index contributed by atoms with van der Waals surface area (Å²) in [7, 11) is 0. The summed E-state index contributed by atoms with van der Waals surface area (Å²) in [5.74, 6) is 0.288. The second-order valence-electron chi connectivity index (χ2n) is 5.59. The van der Waals surface area contributed by atoms with Crippen molar-refractivity contribution >= 4 is 11.6 Å². The van der Waals surface area contributed by atoms with Gasteiger partial charge in [-0.1, -0.05) is 26.0 Å². The van der Waals surface area contributed by atoms with Gasteiger partial charge in [-0.2, -0.15) is 0 Å². The van der Waals surface area contributed by atoms with Crippen molar-refractivity contribution in [1.82, 2.24) is 0 Å². The zero-order chi connectivity index (χ0) is 12.6. The maximum atomic E-state index is 12.0. The number of nitrogens with two attached hydrogens (primary N) is 1. The maximum absolute atomic E-state index is 12.0. The fourth-order valence-electron chi connectivity index (χ4n) is 2.07. The Morgan fingerprint density at radius 1 is 1.53 bits per heavy atom. The van der Waals surface area contributed by atoms with Gasteiger partial charge >= 0.3 is 0 Å². The number of benzene rings is 1. The molecule has 0 bridgehead atoms. The number of carbonyl (C=O) groups excluding carboxylic acids is 1. The van der Waals surface area contributed by atoms with Gasteiger partial charge in [0.15, 0.2) is 0 Å². The average Bonchev–Trinajstić information content (AvgIpc) is 2.91. The Morgan fingerprint density at radius 2 is 2.18 bits per heavy atom. The molecule has 3 heteroatoms. The van der Waals surface area contributed by atoms with Crippen LogP contribution in [-0.4, -0.2) is 5.91 Å². The summed E-state index contributed by atoms with van der Waals surface area (Å²) in [5, 5.41) is 3.01. The Balaban J connectivity index is 2.11. The van der Waals surface area contributed by atoms with Crippen molar-refractivity contribution in [1.29, 1.82) is 0 Å². The van der Waals surface area contributed by atoms with Gasteiger partial charge < -0.3 is 11.1 Å². The predicted molar refractivity (Wildman–Crippen MR) is 69.6 cm³/mol. The molecular formula is C14H20N2O. The largest absolute Gasteiger partial charge is 0.326 e. The van der Waals surface area contributed by atoms with Crippen LogP contribution in [0.1, 0.15) is 31.4 Å². The normalized spacial score (nSPS) is 21.1. The number of nitrogens with one attached hydrogen (secondary N) is 1. The minimum atomic E-state index is 0.132. The van der Waals surface area contributed by atoms with E-state index in [1.54, 1.807) is 0 Å². The van der Waals surface area contributed by atoms with E-state index in [1.165, 1.54) is 0 Å². The Morgan fingerprint density at radius 3 is 2.71 bits per heavy atom. The monoisotopic (exact) mass is 232 g/mol. The average molecular weight is 232 g/mol. The van der Waals surface area contributed by atoms with Crippen molar-refractivity contribution in [3.63, 3.8) is 0 Å². The Labute approximate surface area is 102 Å². The van der Waals surface area contributed by atoms with Gasteiger partial charge in [-0.3, -0.25) is 4.79 Å². The Kier molecular flexibility index (Phi) is 2.96. The van der Waals surface area contributed by atoms with Crippen molar-refractivity contribution in [2.75, 3.05) is 5.32 Å². The minimum Gasteiger partial charge on any atom is -0.326 e. The van der Waals surface area contributed by atoms with Crippen LogP contribution in [0.3, 0.4) is 0 Å². The Bertz CT molecular complexity index is 452. The lowest BCUT2D eigenvalue weighted by molar-refractivity contribution is -0.118. The number of hydrogen-bond donors (Lipinski definition) is 2. The third kappa shape index (κ3) is 2.50. The van der Waals surface area contributed by atoms with E-state index in [0.29, 0.717) is 6.54 Å². The SMILES string of the molecule is Cc1ccc(CN)cc1NC(=O)C1CC1(C)C. The topological polar surface area (TPSA) is 55.1 Å². The van der Waals surface area contributed by atoms with Crippen LogP contribution in [0.5, 0.6) is 0 Å². The summed E-state index contributed by atoms with van der Waals surface area (Å²) in [6.07, 6.45) is 0.981. The van der Waals surface area contributed by atoms with Gasteiger partial charge in [0.2, 0.25) is 5.91 Å². The lowest BCUT2D eigenvalue weighted by Crippen LogP contribution is -2.17. The highest BCUT2D eigenvalue weighted by Crippen LogP contribution is 2.52. The maximum Gasteiger partial charge on any atom is 0.228 e. The standard InChI is InChI=1S/C14H20N2O/c1-9-4-5-10(8-15)6-12(9)16-13(17)11-7-14(11,2)3/h4-6,11H,7-8,15H2,1-3H3,(H,16,17). The first-order chi connectivity index (χ1) is 7.94. The summed E-state index contributed by atoms with van der Waals surface area (Å²) in [6, 6.07) is 5.95. The molecule has 1 amide bonds. The van der Waals surface area contributed by atoms with Gasteiger partial charge in [0.25, 0.3) is 0 Å². The first-order valence-corrected chi connectivity index (χ1v) is 6.04. The number of rotatable bonds is 3. The van der Waals surface area contributed by atoms with Crippen LogP contribution in [0.25, 0.3) is 0 Å². The molecule has 92 valence electrons. The molecule has 0 radical (unpaired) electrons. The lowest BCUT2D eigenvalue weighted by atomic mass is 10.1. The molecule has 0 heterocycles. The van der Waals surface area contributed by atoms with Gasteiger partial charge in [0.1, 0.15) is 0 Å². The third-order valence-electron chi connectivity index (χ3n) is 3.63. The van der Waals surface area contributed by atoms with E-state index in [2.05, 4.69) is 19.2 Å². The van der Waals surface area contributed by atoms with E-state index in [4.69, 9.17) is 5.73 Å². The molecule has 1 unspecified atom stereocenters. The highest BCUT2D eigenvalue weighted by molar-refractivity contribution is 5.95. The number of carbonyl (C=O) groups is 1. The summed E-state index contributed by atoms with van der Waals surface area (Å²) >= 11 is 0. The van der Waals surface area contributed by atoms with Crippen LogP contribution >= 0.6 is 0 Å². The fourth-order valence-corrected chi connectivity index (χ4v) is 2.07. The summed E-state index contributed by atoms with van der Waals surface area (Å²) in [5.41, 5.74) is 8.78. The Hall–Kier alpha value is -1.35. The fraction of sp³-hybridized carbons (Fsp3) is 0.500. The van der Waals surface area contributed by atoms with Crippen LogP contribution in [0.2, 0.25) is 0 Å². The predicted octanol–water partition coefficient (Wildman–Crippen LogP) is 2.44. The van der Waals surface area contributed by atoms with Crippen LogP contribution in [0, 0.1) is 18.3 Å². The minimum absolute atomic E-state index is 0.132. The van der Waals surface area contributed by atoms with Crippen molar-refractivity contribution < 1.29 is 4.79 Å². The van der Waals surface area contributed by atoms with Gasteiger partial charge in [-0.25, -0.2) is 0 Å². The molecule has 1 saturated carbocycles. The lowest BCUT2D eigenvalue weighted by Gasteiger charge is -2.10. The van der Waals surface area contributed by atoms with E-state index in [9.17, 15) is 4.79 Å². The molecular weight excluding hydrogens is 212 g/mol. The first-order valence-electron chi connectivity index (χ1n) is 6.04. The van der Waals surface area contributed by atoms with Crippen molar-refractivity contribution in [2.24, 2.45) is 17.1 Å². The molecule has 0 saturated heterocycles. The van der Waals surface area contributed by atoms with Gasteiger partial charge in [-0.15, -0.1) is 0 Å². The van der Waals surface area contributed by atoms with Crippen molar-refractivity contribution in [2.45, 2.75) is 33.7 Å². The van der Waals surface area contributed by atoms with Crippen molar-refractivity contribution in [3.8, 4) is 0 Å². The second-order valence-corrected chi connectivity index (χ2v) is 5.59. The van der Waals surface area contributed by atoms with E-state index >= 15 is 0 Å². The first kappa shape index (κ1) is 12.1.